The van der Waals surface area contributed by atoms with Crippen LogP contribution in [-0.2, 0) is 61.6 Å². The Hall–Kier alpha value is -2.63. The van der Waals surface area contributed by atoms with Crippen LogP contribution >= 0.6 is 0 Å². The summed E-state index contributed by atoms with van der Waals surface area (Å²) in [6.07, 6.45) is -44.7. The number of hydrogen-bond acceptors (Lipinski definition) is 35. The van der Waals surface area contributed by atoms with E-state index in [1.54, 1.807) is 60.6 Å². The third kappa shape index (κ3) is 25.8. The zero-order chi connectivity index (χ0) is 86.6. The maximum absolute atomic E-state index is 14.6. The zero-order valence-corrected chi connectivity index (χ0v) is 69.8. The molecule has 7 aliphatic rings. The van der Waals surface area contributed by atoms with Gasteiger partial charge in [0.15, 0.2) is 37.2 Å². The first-order valence-electron chi connectivity index (χ1n) is 41.9. The van der Waals surface area contributed by atoms with Gasteiger partial charge in [-0.3, -0.25) is 0 Å². The molecule has 116 heavy (non-hydrogen) atoms. The lowest BCUT2D eigenvalue weighted by Gasteiger charge is -2.50. The lowest BCUT2D eigenvalue weighted by molar-refractivity contribution is -0.389. The minimum absolute atomic E-state index is 0.0139. The number of aliphatic hydroxyl groups is 20. The maximum Gasteiger partial charge on any atom is 0.333 e. The topological polar surface area (TPSA) is 584 Å². The summed E-state index contributed by atoms with van der Waals surface area (Å²) in [5.41, 5.74) is 12.1. The van der Waals surface area contributed by atoms with Gasteiger partial charge in [-0.25, -0.2) is 4.79 Å². The Morgan fingerprint density at radius 3 is 1.81 bits per heavy atom. The molecule has 1 unspecified atom stereocenters. The van der Waals surface area contributed by atoms with E-state index in [0.717, 1.165) is 0 Å². The Morgan fingerprint density at radius 1 is 0.595 bits per heavy atom. The van der Waals surface area contributed by atoms with Crippen LogP contribution in [0, 0.1) is 35.5 Å². The summed E-state index contributed by atoms with van der Waals surface area (Å²) in [5, 5.41) is 231. The number of carbonyl (C=O) groups is 1. The third-order valence-corrected chi connectivity index (χ3v) is 25.4. The Kier molecular flexibility index (Phi) is 38.8. The third-order valence-electron chi connectivity index (χ3n) is 25.4. The number of rotatable bonds is 22. The first kappa shape index (κ1) is 100. The second kappa shape index (κ2) is 44.8. The van der Waals surface area contributed by atoms with E-state index in [0.29, 0.717) is 19.3 Å². The number of hydrogen-bond donors (Lipinski definition) is 22. The molecule has 0 spiro atoms. The molecule has 35 nitrogen and oxygen atoms in total. The van der Waals surface area contributed by atoms with Gasteiger partial charge in [-0.1, -0.05) is 86.1 Å². The molecule has 7 heterocycles. The molecular weight excluding hydrogens is 1530 g/mol. The molecule has 6 saturated heterocycles. The van der Waals surface area contributed by atoms with Crippen LogP contribution in [0.15, 0.2) is 35.5 Å². The number of nitrogens with two attached hydrogens (primary N) is 2. The number of esters is 1. The fraction of sp³-hybridized carbons (Fsp3) is 0.914. The van der Waals surface area contributed by atoms with E-state index in [2.05, 4.69) is 0 Å². The van der Waals surface area contributed by atoms with Gasteiger partial charge in [0, 0.05) is 91.7 Å². The molecule has 2 bridgehead atoms. The fourth-order valence-electron chi connectivity index (χ4n) is 16.8. The highest BCUT2D eigenvalue weighted by Gasteiger charge is 2.57. The van der Waals surface area contributed by atoms with Crippen LogP contribution in [0.4, 0.5) is 0 Å². The van der Waals surface area contributed by atoms with Crippen molar-refractivity contribution in [3.63, 3.8) is 0 Å². The minimum atomic E-state index is -2.79. The highest BCUT2D eigenvalue weighted by Crippen LogP contribution is 2.42. The van der Waals surface area contributed by atoms with Crippen LogP contribution in [0.2, 0.25) is 0 Å². The number of ether oxygens (including phenoxy) is 12. The van der Waals surface area contributed by atoms with Crippen LogP contribution in [0.3, 0.4) is 0 Å². The van der Waals surface area contributed by atoms with Crippen LogP contribution in [0.25, 0.3) is 0 Å². The van der Waals surface area contributed by atoms with E-state index in [1.807, 2.05) is 20.8 Å². The minimum Gasteiger partial charge on any atom is -0.458 e. The average Bonchev–Trinajstić information content (AvgIpc) is 0.772. The van der Waals surface area contributed by atoms with Gasteiger partial charge >= 0.3 is 5.97 Å². The van der Waals surface area contributed by atoms with Crippen LogP contribution in [-0.4, -0.2) is 347 Å². The number of carbonyl (C=O) groups excluding carboxylic acids is 1. The lowest BCUT2D eigenvalue weighted by atomic mass is 9.82. The largest absolute Gasteiger partial charge is 0.458 e. The van der Waals surface area contributed by atoms with Crippen LogP contribution in [0.5, 0.6) is 0 Å². The monoisotopic (exact) mass is 1670 g/mol. The molecule has 7 aliphatic heterocycles. The Bertz CT molecular complexity index is 3010. The molecule has 35 heteroatoms. The zero-order valence-electron chi connectivity index (χ0n) is 69.8. The Morgan fingerprint density at radius 2 is 1.19 bits per heavy atom. The second-order valence-electron chi connectivity index (χ2n) is 34.7. The van der Waals surface area contributed by atoms with Gasteiger partial charge in [-0.15, -0.1) is 0 Å². The molecule has 676 valence electrons. The van der Waals surface area contributed by atoms with E-state index in [4.69, 9.17) is 68.3 Å². The van der Waals surface area contributed by atoms with E-state index in [-0.39, 0.29) is 62.5 Å². The van der Waals surface area contributed by atoms with Crippen molar-refractivity contribution in [2.75, 3.05) is 6.61 Å². The van der Waals surface area contributed by atoms with Crippen molar-refractivity contribution in [1.82, 2.24) is 0 Å². The number of cyclic esters (lactones) is 1. The van der Waals surface area contributed by atoms with Crippen molar-refractivity contribution >= 4 is 5.97 Å². The molecule has 0 aromatic heterocycles. The summed E-state index contributed by atoms with van der Waals surface area (Å²) in [5.74, 6) is -8.74. The van der Waals surface area contributed by atoms with E-state index in [1.165, 1.54) is 39.8 Å². The van der Waals surface area contributed by atoms with Gasteiger partial charge in [0.05, 0.1) is 116 Å². The van der Waals surface area contributed by atoms with Gasteiger partial charge in [0.25, 0.3) is 0 Å². The maximum atomic E-state index is 14.6. The smallest absolute Gasteiger partial charge is 0.333 e. The van der Waals surface area contributed by atoms with Gasteiger partial charge < -0.3 is 170 Å². The fourth-order valence-corrected chi connectivity index (χ4v) is 16.8. The highest BCUT2D eigenvalue weighted by molar-refractivity contribution is 5.88. The predicted molar refractivity (Wildman–Crippen MR) is 412 cm³/mol. The summed E-state index contributed by atoms with van der Waals surface area (Å²) in [6, 6.07) is -0.877. The van der Waals surface area contributed by atoms with Crippen molar-refractivity contribution in [3.05, 3.63) is 35.5 Å². The Labute approximate surface area is 681 Å². The average molecular weight is 1670 g/mol. The highest BCUT2D eigenvalue weighted by atomic mass is 16.8. The molecule has 0 amide bonds. The summed E-state index contributed by atoms with van der Waals surface area (Å²) >= 11 is 0. The molecule has 44 atom stereocenters. The first-order valence-corrected chi connectivity index (χ1v) is 41.9. The summed E-state index contributed by atoms with van der Waals surface area (Å²) in [6.45, 7) is 22.2. The molecular formula is C81H144N2O33. The predicted octanol–water partition coefficient (Wildman–Crippen LogP) is -1.70. The van der Waals surface area contributed by atoms with Crippen molar-refractivity contribution < 1.29 is 164 Å². The summed E-state index contributed by atoms with van der Waals surface area (Å²) in [4.78, 5) is 14.6. The summed E-state index contributed by atoms with van der Waals surface area (Å²) in [7, 11) is 0. The van der Waals surface area contributed by atoms with Crippen LogP contribution in [0.1, 0.15) is 193 Å². The van der Waals surface area contributed by atoms with Gasteiger partial charge in [-0.2, -0.15) is 0 Å². The van der Waals surface area contributed by atoms with Crippen molar-refractivity contribution in [1.29, 1.82) is 0 Å². The van der Waals surface area contributed by atoms with Crippen molar-refractivity contribution in [2.45, 2.75) is 425 Å². The lowest BCUT2D eigenvalue weighted by Crippen LogP contribution is -2.65. The van der Waals surface area contributed by atoms with E-state index in [9.17, 15) is 107 Å². The molecule has 0 saturated carbocycles. The quantitative estimate of drug-likeness (QED) is 0.0424. The normalized spacial score (nSPS) is 47.6. The molecule has 6 fully saturated rings. The van der Waals surface area contributed by atoms with Crippen molar-refractivity contribution in [3.8, 4) is 0 Å². The molecule has 7 rings (SSSR count). The number of fused-ring (bicyclic) bond motifs is 2. The molecule has 0 radical (unpaired) electrons. The first-order chi connectivity index (χ1) is 54.3. The molecule has 24 N–H and O–H groups in total. The molecule has 0 aromatic carbocycles. The van der Waals surface area contributed by atoms with Gasteiger partial charge in [0.1, 0.15) is 73.2 Å². The van der Waals surface area contributed by atoms with E-state index < -0.39 is 306 Å². The number of aliphatic hydroxyl groups excluding tert-OH is 19. The van der Waals surface area contributed by atoms with Gasteiger partial charge in [0.2, 0.25) is 0 Å². The van der Waals surface area contributed by atoms with E-state index >= 15 is 0 Å². The van der Waals surface area contributed by atoms with Crippen molar-refractivity contribution in [2.24, 2.45) is 47.0 Å². The standard InChI is InChI=1S/C81H144N2O33/c1-15-18-55(109-61-33-80(14,83)74(101)44(13)106-61)39(8)63(92)45(16-2)22-25-51(87)38(7)56-26-20-36(5)62(91)40(9)57(111-78-71(100)69(98)67(96)59(34-84)113-78)31-53(89)37(6)52(88)28-49-29-54(90)75(102)81(104,116-49)32-58(35(4)19-23-47(85)27-48(86)24-21-46(17-3)76(103)110-56)112-79-73(115-77-70(99)68(97)65(94)42(11)107-77)72(66(95)43(12)108-79)114-60-30-50(82)64(93)41(10)105-60/h20-22,25,35,37-45,47-75,77-79,84-102,104H,15-19,23-24,26-34,82-83H2,1-14H3/b25-22+,36-20+,46-21+/t35-,37-,38+,39+,40-,41+,42+,43+,44-,45+,47+,48-,49?,50+,51-,52+,53+,54-,55+,56-,57+,58+,59+,60-,61-,62+,63+,64+,65+,66+,67+,68-,69-,70+,71-,72-,73+,74+,75+,77-,78+,79-,80-,81+/m0/s1. The summed E-state index contributed by atoms with van der Waals surface area (Å²) < 4.78 is 75.2. The molecule has 0 aromatic rings. The van der Waals surface area contributed by atoms with Crippen LogP contribution < -0.4 is 11.5 Å². The van der Waals surface area contributed by atoms with Gasteiger partial charge in [-0.05, 0) is 98.0 Å². The SMILES string of the molecule is CCC[C@@H](O[C@H]1C[C@](C)(N)[C@H](O)[C@H](C)O1)[C@@H](C)[C@@H](O)[C@@H](/C=C/[C@H](O)[C@@H](C)[C@@H]1C/C=C(\C)[C@@H](O)[C@@H](C)[C@H](O[C@@H]2O[C@H](CO)[C@@H](O)[C@H](O)[C@@H]2O)C[C@@H](O)[C@@H](C)[C@H](O)CC2C[C@H](O)[C@@H](O)[C@@](O)(C[C@@H](O[C@@H]3O[C@H](C)[C@@H](O)[C@H](O[C@H]4C[C@@H](N)[C@H](O)[C@@H](C)O4)[C@H]3O[C@@H]3O[C@H](C)[C@@H](O)[C@H](O)[C@H]3O)[C@@H](C)CC[C@@H](O)C[C@@H](O)C/C=C(\CC)C(=O)O1)O2)CC. The second-order valence-corrected chi connectivity index (χ2v) is 34.7. The molecule has 0 aliphatic carbocycles. The Balaban J connectivity index is 1.24.